The Morgan fingerprint density at radius 1 is 1.00 bits per heavy atom. The van der Waals surface area contributed by atoms with Crippen molar-refractivity contribution in [3.63, 3.8) is 0 Å². The lowest BCUT2D eigenvalue weighted by Gasteiger charge is -2.29. The molecule has 44 heavy (non-hydrogen) atoms. The number of ether oxygens (including phenoxy) is 2. The number of rotatable bonds is 11. The minimum atomic E-state index is -0.410. The summed E-state index contributed by atoms with van der Waals surface area (Å²) in [7, 11) is 1.68. The van der Waals surface area contributed by atoms with Crippen LogP contribution >= 0.6 is 0 Å². The highest BCUT2D eigenvalue weighted by Crippen LogP contribution is 2.34. The Labute approximate surface area is 255 Å². The molecular formula is C32H34N8O4. The van der Waals surface area contributed by atoms with Gasteiger partial charge in [-0.15, -0.1) is 15.0 Å². The smallest absolute Gasteiger partial charge is 0.280 e. The Hall–Kier alpha value is -5.10. The van der Waals surface area contributed by atoms with Crippen LogP contribution in [0.2, 0.25) is 0 Å². The number of tetrazole rings is 1. The third kappa shape index (κ3) is 6.30. The number of nitro groups is 1. The van der Waals surface area contributed by atoms with Crippen molar-refractivity contribution in [2.75, 3.05) is 26.8 Å². The van der Waals surface area contributed by atoms with E-state index in [1.807, 2.05) is 36.7 Å². The predicted octanol–water partition coefficient (Wildman–Crippen LogP) is 4.74. The van der Waals surface area contributed by atoms with Crippen LogP contribution in [0.1, 0.15) is 27.8 Å². The first-order valence-corrected chi connectivity index (χ1v) is 14.5. The van der Waals surface area contributed by atoms with Gasteiger partial charge < -0.3 is 14.0 Å². The zero-order valence-electron chi connectivity index (χ0n) is 25.0. The second-order valence-corrected chi connectivity index (χ2v) is 11.0. The summed E-state index contributed by atoms with van der Waals surface area (Å²) in [6.45, 7) is 7.75. The Morgan fingerprint density at radius 2 is 1.80 bits per heavy atom. The van der Waals surface area contributed by atoms with Gasteiger partial charge in [-0.05, 0) is 90.1 Å². The molecule has 6 rings (SSSR count). The van der Waals surface area contributed by atoms with E-state index in [9.17, 15) is 10.1 Å². The Bertz CT molecular complexity index is 1770. The number of hydrogen-bond donors (Lipinski definition) is 0. The molecule has 0 unspecified atom stereocenters. The van der Waals surface area contributed by atoms with Gasteiger partial charge in [0, 0.05) is 38.1 Å². The van der Waals surface area contributed by atoms with Gasteiger partial charge in [-0.25, -0.2) is 4.98 Å². The zero-order valence-corrected chi connectivity index (χ0v) is 25.0. The number of hydrogen-bond acceptors (Lipinski definition) is 9. The maximum absolute atomic E-state index is 11.6. The van der Waals surface area contributed by atoms with E-state index in [1.54, 1.807) is 31.8 Å². The highest BCUT2D eigenvalue weighted by molar-refractivity contribution is 5.69. The van der Waals surface area contributed by atoms with Crippen molar-refractivity contribution in [2.24, 2.45) is 0 Å². The fourth-order valence-electron chi connectivity index (χ4n) is 5.41. The summed E-state index contributed by atoms with van der Waals surface area (Å²) in [5.74, 6) is 1.75. The van der Waals surface area contributed by atoms with Gasteiger partial charge in [-0.1, -0.05) is 12.1 Å². The van der Waals surface area contributed by atoms with Crippen LogP contribution in [0, 0.1) is 24.0 Å². The second kappa shape index (κ2) is 12.6. The summed E-state index contributed by atoms with van der Waals surface area (Å²) in [5.41, 5.74) is 6.60. The summed E-state index contributed by atoms with van der Waals surface area (Å²) >= 11 is 0. The monoisotopic (exact) mass is 594 g/mol. The molecule has 1 aliphatic heterocycles. The first kappa shape index (κ1) is 29.0. The first-order chi connectivity index (χ1) is 21.4. The van der Waals surface area contributed by atoms with Crippen molar-refractivity contribution in [3.05, 3.63) is 105 Å². The van der Waals surface area contributed by atoms with E-state index in [1.165, 1.54) is 21.5 Å². The molecule has 0 N–H and O–H groups in total. The van der Waals surface area contributed by atoms with Crippen molar-refractivity contribution in [1.29, 1.82) is 0 Å². The highest BCUT2D eigenvalue weighted by atomic mass is 16.6. The summed E-state index contributed by atoms with van der Waals surface area (Å²) in [5, 5.41) is 24.3. The quantitative estimate of drug-likeness (QED) is 0.157. The van der Waals surface area contributed by atoms with Crippen molar-refractivity contribution >= 4 is 5.69 Å². The van der Waals surface area contributed by atoms with Gasteiger partial charge >= 0.3 is 0 Å². The molecule has 3 heterocycles. The van der Waals surface area contributed by atoms with E-state index in [2.05, 4.69) is 49.6 Å². The van der Waals surface area contributed by atoms with Gasteiger partial charge in [0.25, 0.3) is 5.69 Å². The predicted molar refractivity (Wildman–Crippen MR) is 164 cm³/mol. The minimum Gasteiger partial charge on any atom is -0.493 e. The number of aromatic nitrogens is 6. The molecule has 5 aromatic rings. The van der Waals surface area contributed by atoms with E-state index >= 15 is 0 Å². The molecule has 0 fully saturated rings. The number of aryl methyl sites for hydroxylation is 2. The van der Waals surface area contributed by atoms with E-state index in [-0.39, 0.29) is 11.5 Å². The SMILES string of the molecule is COc1cc2c(cc1OCCn1ccnc1)CN(CCc1ccc(-n3nnc(-c4cc(C)c(C)cc4[N+](=O)[O-])n3)cc1)CC2. The molecule has 0 radical (unpaired) electrons. The highest BCUT2D eigenvalue weighted by Gasteiger charge is 2.22. The lowest BCUT2D eigenvalue weighted by molar-refractivity contribution is -0.384. The molecule has 0 aliphatic carbocycles. The average molecular weight is 595 g/mol. The van der Waals surface area contributed by atoms with Crippen molar-refractivity contribution in [1.82, 2.24) is 34.7 Å². The standard InChI is InChI=1S/C32H34N8O4/c1-22-16-28(29(40(41)42)17-23(22)2)32-34-36-39(35-32)27-6-4-24(5-7-27)8-11-37-12-9-25-18-30(43-3)31(19-26(25)20-37)44-15-14-38-13-10-33-21-38/h4-7,10,13,16-19,21H,8-9,11-12,14-15,20H2,1-3H3. The minimum absolute atomic E-state index is 0.0307. The van der Waals surface area contributed by atoms with Crippen LogP contribution in [-0.2, 0) is 25.9 Å². The molecular weight excluding hydrogens is 560 g/mol. The number of nitrogens with zero attached hydrogens (tertiary/aromatic N) is 8. The van der Waals surface area contributed by atoms with Crippen LogP contribution in [0.4, 0.5) is 5.69 Å². The van der Waals surface area contributed by atoms with Crippen molar-refractivity contribution in [2.45, 2.75) is 39.8 Å². The zero-order chi connectivity index (χ0) is 30.6. The molecule has 0 bridgehead atoms. The summed E-state index contributed by atoms with van der Waals surface area (Å²) < 4.78 is 13.7. The third-order valence-corrected chi connectivity index (χ3v) is 8.09. The molecule has 226 valence electrons. The van der Waals surface area contributed by atoms with E-state index in [0.717, 1.165) is 60.8 Å². The van der Waals surface area contributed by atoms with Gasteiger partial charge in [0.2, 0.25) is 5.82 Å². The van der Waals surface area contributed by atoms with E-state index < -0.39 is 4.92 Å². The van der Waals surface area contributed by atoms with E-state index in [4.69, 9.17) is 9.47 Å². The maximum Gasteiger partial charge on any atom is 0.280 e. The lowest BCUT2D eigenvalue weighted by atomic mass is 9.98. The molecule has 0 saturated carbocycles. The average Bonchev–Trinajstić information content (AvgIpc) is 3.74. The van der Waals surface area contributed by atoms with Crippen LogP contribution in [0.15, 0.2) is 67.3 Å². The van der Waals surface area contributed by atoms with Crippen LogP contribution in [-0.4, -0.2) is 66.4 Å². The fourth-order valence-corrected chi connectivity index (χ4v) is 5.41. The van der Waals surface area contributed by atoms with Crippen LogP contribution in [0.5, 0.6) is 11.5 Å². The van der Waals surface area contributed by atoms with Gasteiger partial charge in [0.15, 0.2) is 11.5 Å². The number of nitro benzene ring substituents is 1. The molecule has 1 aliphatic rings. The largest absolute Gasteiger partial charge is 0.493 e. The first-order valence-electron chi connectivity index (χ1n) is 14.5. The van der Waals surface area contributed by atoms with Gasteiger partial charge in [-0.3, -0.25) is 15.0 Å². The number of benzene rings is 3. The summed E-state index contributed by atoms with van der Waals surface area (Å²) in [6, 6.07) is 15.5. The van der Waals surface area contributed by atoms with Crippen molar-refractivity contribution < 1.29 is 14.4 Å². The summed E-state index contributed by atoms with van der Waals surface area (Å²) in [4.78, 5) is 19.2. The van der Waals surface area contributed by atoms with Gasteiger partial charge in [-0.2, -0.15) is 0 Å². The second-order valence-electron chi connectivity index (χ2n) is 11.0. The molecule has 2 aromatic heterocycles. The number of imidazole rings is 1. The normalized spacial score (nSPS) is 13.1. The molecule has 12 nitrogen and oxygen atoms in total. The third-order valence-electron chi connectivity index (χ3n) is 8.09. The Morgan fingerprint density at radius 3 is 2.55 bits per heavy atom. The summed E-state index contributed by atoms with van der Waals surface area (Å²) in [6.07, 6.45) is 7.31. The number of methoxy groups -OCH3 is 1. The van der Waals surface area contributed by atoms with Gasteiger partial charge in [0.05, 0.1) is 30.6 Å². The van der Waals surface area contributed by atoms with Crippen LogP contribution in [0.3, 0.4) is 0 Å². The molecule has 0 amide bonds. The molecule has 0 atom stereocenters. The van der Waals surface area contributed by atoms with E-state index in [0.29, 0.717) is 18.7 Å². The van der Waals surface area contributed by atoms with Gasteiger partial charge in [0.1, 0.15) is 12.2 Å². The Balaban J connectivity index is 1.08. The molecule has 0 spiro atoms. The molecule has 3 aromatic carbocycles. The fraction of sp³-hybridized carbons (Fsp3) is 0.312. The molecule has 0 saturated heterocycles. The maximum atomic E-state index is 11.6. The lowest BCUT2D eigenvalue weighted by Crippen LogP contribution is -2.32. The Kier molecular flexibility index (Phi) is 8.33. The number of fused-ring (bicyclic) bond motifs is 1. The van der Waals surface area contributed by atoms with Crippen molar-refractivity contribution in [3.8, 4) is 28.6 Å². The van der Waals surface area contributed by atoms with Crippen LogP contribution in [0.25, 0.3) is 17.1 Å². The van der Waals surface area contributed by atoms with Crippen LogP contribution < -0.4 is 9.47 Å². The molecule has 12 heteroatoms. The topological polar surface area (TPSA) is 126 Å².